The highest BCUT2D eigenvalue weighted by atomic mass is 19.4. The number of halogens is 22. The Bertz CT molecular complexity index is 1830. The minimum absolute atomic E-state index is 0.0903. The Morgan fingerprint density at radius 3 is 0.938 bits per heavy atom. The molecular formula is C42H62F22N4O12. The van der Waals surface area contributed by atoms with Crippen molar-refractivity contribution in [3.8, 4) is 0 Å². The average Bonchev–Trinajstić information content (AvgIpc) is 3.68. The highest BCUT2D eigenvalue weighted by molar-refractivity contribution is 5.77. The molecule has 0 saturated carbocycles. The molecule has 5 unspecified atom stereocenters. The Hall–Kier alpha value is -3.98. The molecule has 4 amide bonds. The zero-order chi connectivity index (χ0) is 63.2. The standard InChI is InChI=1S/C20H27F11N2O5.C18H25F11N2O4.C4H10O3/c1-16(21,22)9-17(23,24)5-3-13(34)32-7-11-12(38-15(36-2)37-11)8-33-14(35)4-6-18(25,26)10-19(27,28)20(29,30)31;1-14(19,20)8-15(21,22)4-2-12(34)30-6-10(32)11(33)7-31-13(35)3-5-16(23,24)9-17(25,26)18(27,28)29;1-6-4(3-5)7-2/h11-12,15H,3-10H2,1-2H3,(H,32,34)(H,33,35);10-11,32-33H,2-9H2,1H3,(H,30,34)(H,31,35);4-5H,3H2,1-2H3. The molecule has 476 valence electrons. The first-order valence-electron chi connectivity index (χ1n) is 23.0. The van der Waals surface area contributed by atoms with Crippen LogP contribution >= 0.6 is 0 Å². The van der Waals surface area contributed by atoms with Gasteiger partial charge >= 0.3 is 24.2 Å². The van der Waals surface area contributed by atoms with Crippen molar-refractivity contribution in [1.82, 2.24) is 21.3 Å². The molecule has 1 aliphatic rings. The van der Waals surface area contributed by atoms with Gasteiger partial charge in [0.1, 0.15) is 12.2 Å². The normalized spacial score (nSPS) is 17.9. The molecule has 38 heteroatoms. The number of ether oxygens (including phenoxy) is 5. The van der Waals surface area contributed by atoms with Crippen LogP contribution in [0.15, 0.2) is 0 Å². The van der Waals surface area contributed by atoms with E-state index in [9.17, 15) is 126 Å². The van der Waals surface area contributed by atoms with Crippen LogP contribution in [-0.2, 0) is 42.9 Å². The van der Waals surface area contributed by atoms with Crippen molar-refractivity contribution < 1.29 is 155 Å². The van der Waals surface area contributed by atoms with Gasteiger partial charge in [0.2, 0.25) is 23.6 Å². The molecule has 7 N–H and O–H groups in total. The highest BCUT2D eigenvalue weighted by Crippen LogP contribution is 2.45. The molecule has 16 nitrogen and oxygen atoms in total. The van der Waals surface area contributed by atoms with Crippen LogP contribution < -0.4 is 21.3 Å². The van der Waals surface area contributed by atoms with Gasteiger partial charge in [-0.05, 0) is 13.8 Å². The van der Waals surface area contributed by atoms with Gasteiger partial charge < -0.3 is 60.3 Å². The number of methoxy groups -OCH3 is 3. The van der Waals surface area contributed by atoms with E-state index in [1.165, 1.54) is 14.2 Å². The van der Waals surface area contributed by atoms with Crippen LogP contribution in [0.4, 0.5) is 96.6 Å². The minimum atomic E-state index is -6.21. The van der Waals surface area contributed by atoms with Crippen LogP contribution in [0.5, 0.6) is 0 Å². The zero-order valence-electron chi connectivity index (χ0n) is 42.8. The van der Waals surface area contributed by atoms with E-state index in [2.05, 4.69) is 20.1 Å². The van der Waals surface area contributed by atoms with E-state index in [1.807, 2.05) is 10.6 Å². The van der Waals surface area contributed by atoms with Gasteiger partial charge in [0.15, 0.2) is 6.29 Å². The summed E-state index contributed by atoms with van der Waals surface area (Å²) < 4.78 is 307. The fourth-order valence-corrected chi connectivity index (χ4v) is 6.00. The van der Waals surface area contributed by atoms with E-state index in [0.29, 0.717) is 6.92 Å². The van der Waals surface area contributed by atoms with Gasteiger partial charge in [-0.15, -0.1) is 0 Å². The summed E-state index contributed by atoms with van der Waals surface area (Å²) in [5.41, 5.74) is 0. The van der Waals surface area contributed by atoms with Crippen molar-refractivity contribution in [3.63, 3.8) is 0 Å². The summed E-state index contributed by atoms with van der Waals surface area (Å²) in [7, 11) is 4.10. The van der Waals surface area contributed by atoms with Gasteiger partial charge in [-0.3, -0.25) is 19.2 Å². The summed E-state index contributed by atoms with van der Waals surface area (Å²) in [4.78, 5) is 46.7. The quantitative estimate of drug-likeness (QED) is 0.0252. The number of carbonyl (C=O) groups excluding carboxylic acids is 4. The number of aliphatic hydroxyl groups excluding tert-OH is 3. The summed E-state index contributed by atoms with van der Waals surface area (Å²) >= 11 is 0. The van der Waals surface area contributed by atoms with Crippen LogP contribution in [0.2, 0.25) is 0 Å². The summed E-state index contributed by atoms with van der Waals surface area (Å²) in [5.74, 6) is -39.9. The maximum absolute atomic E-state index is 13.6. The van der Waals surface area contributed by atoms with Gasteiger partial charge in [0.05, 0.1) is 44.5 Å². The molecule has 1 aliphatic heterocycles. The fourth-order valence-electron chi connectivity index (χ4n) is 6.00. The summed E-state index contributed by atoms with van der Waals surface area (Å²) in [6, 6.07) is 0. The SMILES string of the molecule is CC(F)(F)CC(F)(F)CCC(=O)NCC(O)C(O)CNC(=O)CCC(F)(F)CC(F)(F)C(F)(F)F.COC(CO)OC.COC1OC(CNC(=O)CCC(F)(F)CC(C)(F)F)C(CNC(=O)CCC(F)(F)CC(F)(F)C(F)(F)F)O1. The van der Waals surface area contributed by atoms with Gasteiger partial charge in [0.25, 0.3) is 42.0 Å². The molecule has 5 atom stereocenters. The largest absolute Gasteiger partial charge is 0.453 e. The number of hydrogen-bond donors (Lipinski definition) is 7. The number of rotatable bonds is 33. The molecule has 0 aromatic rings. The number of hydrogen-bond acceptors (Lipinski definition) is 12. The average molecular weight is 1230 g/mol. The molecule has 0 bridgehead atoms. The molecule has 80 heavy (non-hydrogen) atoms. The fraction of sp³-hybridized carbons (Fsp3) is 0.905. The van der Waals surface area contributed by atoms with Crippen molar-refractivity contribution in [2.45, 2.75) is 188 Å². The second kappa shape index (κ2) is 32.8. The van der Waals surface area contributed by atoms with Gasteiger partial charge in [-0.2, -0.15) is 43.9 Å². The summed E-state index contributed by atoms with van der Waals surface area (Å²) in [5, 5.41) is 35.6. The molecule has 1 rings (SSSR count). The topological polar surface area (TPSA) is 223 Å². The van der Waals surface area contributed by atoms with E-state index in [0.717, 1.165) is 7.11 Å². The lowest BCUT2D eigenvalue weighted by Crippen LogP contribution is -2.45. The van der Waals surface area contributed by atoms with Crippen molar-refractivity contribution in [3.05, 3.63) is 0 Å². The monoisotopic (exact) mass is 1230 g/mol. The van der Waals surface area contributed by atoms with Crippen LogP contribution in [0, 0.1) is 0 Å². The smallest absolute Gasteiger partial charge is 0.391 e. The molecular weight excluding hydrogens is 1170 g/mol. The predicted molar refractivity (Wildman–Crippen MR) is 228 cm³/mol. The number of nitrogens with one attached hydrogen (secondary N) is 4. The van der Waals surface area contributed by atoms with E-state index < -0.39 is 217 Å². The highest BCUT2D eigenvalue weighted by Gasteiger charge is 2.62. The zero-order valence-corrected chi connectivity index (χ0v) is 42.8. The van der Waals surface area contributed by atoms with Crippen LogP contribution in [0.1, 0.15) is 90.9 Å². The number of carbonyl (C=O) groups is 4. The lowest BCUT2D eigenvalue weighted by Gasteiger charge is -2.25. The number of amides is 4. The van der Waals surface area contributed by atoms with Crippen molar-refractivity contribution in [1.29, 1.82) is 0 Å². The van der Waals surface area contributed by atoms with Crippen LogP contribution in [0.25, 0.3) is 0 Å². The summed E-state index contributed by atoms with van der Waals surface area (Å²) in [6.07, 6.45) is -37.6. The minimum Gasteiger partial charge on any atom is -0.391 e. The van der Waals surface area contributed by atoms with Crippen molar-refractivity contribution in [2.24, 2.45) is 0 Å². The maximum atomic E-state index is 13.6. The second-order valence-corrected chi connectivity index (χ2v) is 18.0. The van der Waals surface area contributed by atoms with Gasteiger partial charge in [0, 0.05) is 98.9 Å². The van der Waals surface area contributed by atoms with Gasteiger partial charge in [-0.1, -0.05) is 0 Å². The molecule has 0 radical (unpaired) electrons. The number of alkyl halides is 22. The first-order valence-corrected chi connectivity index (χ1v) is 23.0. The lowest BCUT2D eigenvalue weighted by molar-refractivity contribution is -0.300. The Morgan fingerprint density at radius 1 is 0.463 bits per heavy atom. The Balaban J connectivity index is 0. The van der Waals surface area contributed by atoms with E-state index in [-0.39, 0.29) is 20.1 Å². The first-order chi connectivity index (χ1) is 35.9. The Morgan fingerprint density at radius 2 is 0.725 bits per heavy atom. The molecule has 0 spiro atoms. The third kappa shape index (κ3) is 35.1. The molecule has 0 aromatic heterocycles. The van der Waals surface area contributed by atoms with Crippen LogP contribution in [-0.4, -0.2) is 190 Å². The van der Waals surface area contributed by atoms with Crippen molar-refractivity contribution in [2.75, 3.05) is 54.1 Å². The number of aliphatic hydroxyl groups is 3. The lowest BCUT2D eigenvalue weighted by atomic mass is 10.0. The third-order valence-electron chi connectivity index (χ3n) is 10.1. The van der Waals surface area contributed by atoms with Crippen molar-refractivity contribution >= 4 is 23.6 Å². The van der Waals surface area contributed by atoms with Gasteiger partial charge in [-0.25, -0.2) is 52.7 Å². The van der Waals surface area contributed by atoms with E-state index in [4.69, 9.17) is 19.3 Å². The predicted octanol–water partition coefficient (Wildman–Crippen LogP) is 7.40. The first kappa shape index (κ1) is 78.1. The third-order valence-corrected chi connectivity index (χ3v) is 10.1. The Labute approximate surface area is 441 Å². The molecule has 1 heterocycles. The molecule has 1 saturated heterocycles. The van der Waals surface area contributed by atoms with E-state index >= 15 is 0 Å². The van der Waals surface area contributed by atoms with Crippen LogP contribution in [0.3, 0.4) is 0 Å². The molecule has 0 aliphatic carbocycles. The second-order valence-electron chi connectivity index (χ2n) is 18.0. The van der Waals surface area contributed by atoms with E-state index in [1.54, 1.807) is 0 Å². The Kier molecular flexibility index (Phi) is 32.0. The molecule has 0 aromatic carbocycles. The summed E-state index contributed by atoms with van der Waals surface area (Å²) in [6.45, 7) is -3.24. The molecule has 1 fully saturated rings. The maximum Gasteiger partial charge on any atom is 0.453 e.